The Morgan fingerprint density at radius 1 is 1.33 bits per heavy atom. The first-order chi connectivity index (χ1) is 10.2. The summed E-state index contributed by atoms with van der Waals surface area (Å²) in [5, 5.41) is 3.51. The molecule has 3 rings (SSSR count). The Kier molecular flexibility index (Phi) is 3.78. The number of hydrogen-bond acceptors (Lipinski definition) is 2. The average molecular weight is 284 g/mol. The summed E-state index contributed by atoms with van der Waals surface area (Å²) in [6.45, 7) is 3.59. The van der Waals surface area contributed by atoms with Gasteiger partial charge in [0.1, 0.15) is 5.56 Å². The summed E-state index contributed by atoms with van der Waals surface area (Å²) in [5.41, 5.74) is 2.29. The molecule has 21 heavy (non-hydrogen) atoms. The van der Waals surface area contributed by atoms with Crippen molar-refractivity contribution in [3.8, 4) is 0 Å². The third kappa shape index (κ3) is 2.46. The Hall–Kier alpha value is -2.10. The molecule has 1 aliphatic rings. The maximum absolute atomic E-state index is 12.5. The van der Waals surface area contributed by atoms with Gasteiger partial charge >= 0.3 is 0 Å². The third-order valence-corrected chi connectivity index (χ3v) is 4.11. The van der Waals surface area contributed by atoms with Gasteiger partial charge in [-0.3, -0.25) is 9.59 Å². The summed E-state index contributed by atoms with van der Waals surface area (Å²) in [4.78, 5) is 24.7. The van der Waals surface area contributed by atoms with Crippen molar-refractivity contribution in [1.82, 2.24) is 9.88 Å². The number of para-hydroxylation sites is 1. The molecule has 0 saturated carbocycles. The fourth-order valence-corrected chi connectivity index (χ4v) is 2.99. The molecular weight excluding hydrogens is 264 g/mol. The van der Waals surface area contributed by atoms with E-state index in [0.717, 1.165) is 37.7 Å². The lowest BCUT2D eigenvalue weighted by atomic mass is 10.1. The fourth-order valence-electron chi connectivity index (χ4n) is 2.99. The molecule has 1 aromatic carbocycles. The second kappa shape index (κ2) is 5.72. The summed E-state index contributed by atoms with van der Waals surface area (Å²) < 4.78 is 2.03. The van der Waals surface area contributed by atoms with Crippen LogP contribution in [0.3, 0.4) is 0 Å². The van der Waals surface area contributed by atoms with E-state index in [-0.39, 0.29) is 16.9 Å². The van der Waals surface area contributed by atoms with Crippen LogP contribution in [0.1, 0.15) is 42.1 Å². The number of benzene rings is 1. The van der Waals surface area contributed by atoms with Crippen LogP contribution >= 0.6 is 0 Å². The number of nitrogens with zero attached hydrogens (tertiary/aromatic N) is 1. The summed E-state index contributed by atoms with van der Waals surface area (Å²) in [6, 6.07) is 5.77. The van der Waals surface area contributed by atoms with Gasteiger partial charge in [-0.25, -0.2) is 0 Å². The summed E-state index contributed by atoms with van der Waals surface area (Å²) in [7, 11) is 0. The molecule has 1 amide bonds. The molecule has 1 N–H and O–H groups in total. The van der Waals surface area contributed by atoms with Gasteiger partial charge in [0.15, 0.2) is 0 Å². The number of aromatic nitrogens is 1. The molecule has 0 radical (unpaired) electrons. The Morgan fingerprint density at radius 3 is 3.00 bits per heavy atom. The molecule has 0 unspecified atom stereocenters. The Balaban J connectivity index is 1.93. The number of rotatable bonds is 5. The molecule has 4 nitrogen and oxygen atoms in total. The molecule has 1 aliphatic heterocycles. The minimum Gasteiger partial charge on any atom is -0.352 e. The monoisotopic (exact) mass is 284 g/mol. The van der Waals surface area contributed by atoms with Gasteiger partial charge in [-0.05, 0) is 24.5 Å². The standard InChI is InChI=1S/C17H20N2O2/c1-2-3-4-9-18-17(21)14-11-19-10-8-12-6-5-7-13(15(12)19)16(14)20/h5-7,11H,2-4,8-10H2,1H3,(H,18,21). The second-order valence-corrected chi connectivity index (χ2v) is 5.59. The average Bonchev–Trinajstić information content (AvgIpc) is 2.91. The summed E-state index contributed by atoms with van der Waals surface area (Å²) in [6.07, 6.45) is 5.80. The fraction of sp³-hybridized carbons (Fsp3) is 0.412. The van der Waals surface area contributed by atoms with Gasteiger partial charge in [-0.2, -0.15) is 0 Å². The first-order valence-corrected chi connectivity index (χ1v) is 7.65. The molecule has 110 valence electrons. The number of unbranched alkanes of at least 4 members (excludes halogenated alkanes) is 2. The van der Waals surface area contributed by atoms with E-state index >= 15 is 0 Å². The van der Waals surface area contributed by atoms with Crippen LogP contribution in [0, 0.1) is 0 Å². The van der Waals surface area contributed by atoms with Gasteiger partial charge in [0.05, 0.1) is 5.52 Å². The largest absolute Gasteiger partial charge is 0.352 e. The molecule has 0 spiro atoms. The first kappa shape index (κ1) is 13.9. The normalized spacial score (nSPS) is 12.8. The summed E-state index contributed by atoms with van der Waals surface area (Å²) >= 11 is 0. The highest BCUT2D eigenvalue weighted by molar-refractivity contribution is 5.98. The van der Waals surface area contributed by atoms with E-state index in [1.165, 1.54) is 5.56 Å². The van der Waals surface area contributed by atoms with Crippen LogP contribution in [0.15, 0.2) is 29.2 Å². The SMILES string of the molecule is CCCCCNC(=O)c1cn2c3c(cccc3c1=O)CC2. The number of aryl methyl sites for hydroxylation is 2. The molecule has 0 bridgehead atoms. The molecule has 1 aromatic heterocycles. The van der Waals surface area contributed by atoms with Crippen molar-refractivity contribution in [2.75, 3.05) is 6.54 Å². The zero-order valence-corrected chi connectivity index (χ0v) is 12.3. The maximum atomic E-state index is 12.5. The molecule has 2 aromatic rings. The topological polar surface area (TPSA) is 51.1 Å². The van der Waals surface area contributed by atoms with Gasteiger partial charge in [0.2, 0.25) is 5.43 Å². The van der Waals surface area contributed by atoms with Crippen molar-refractivity contribution in [2.24, 2.45) is 0 Å². The second-order valence-electron chi connectivity index (χ2n) is 5.59. The van der Waals surface area contributed by atoms with E-state index in [4.69, 9.17) is 0 Å². The van der Waals surface area contributed by atoms with Crippen LogP contribution in [0.2, 0.25) is 0 Å². The predicted octanol–water partition coefficient (Wildman–Crippen LogP) is 2.48. The molecule has 4 heteroatoms. The first-order valence-electron chi connectivity index (χ1n) is 7.65. The summed E-state index contributed by atoms with van der Waals surface area (Å²) in [5.74, 6) is -0.251. The maximum Gasteiger partial charge on any atom is 0.256 e. The lowest BCUT2D eigenvalue weighted by Gasteiger charge is -2.09. The van der Waals surface area contributed by atoms with E-state index in [0.29, 0.717) is 11.9 Å². The van der Waals surface area contributed by atoms with Crippen molar-refractivity contribution < 1.29 is 4.79 Å². The van der Waals surface area contributed by atoms with Crippen LogP contribution in [0.4, 0.5) is 0 Å². The Bertz CT molecular complexity index is 746. The number of carbonyl (C=O) groups excluding carboxylic acids is 1. The molecular formula is C17H20N2O2. The van der Waals surface area contributed by atoms with Crippen LogP contribution < -0.4 is 10.7 Å². The van der Waals surface area contributed by atoms with E-state index < -0.39 is 0 Å². The lowest BCUT2D eigenvalue weighted by molar-refractivity contribution is 0.0951. The Morgan fingerprint density at radius 2 is 2.19 bits per heavy atom. The zero-order chi connectivity index (χ0) is 14.8. The van der Waals surface area contributed by atoms with E-state index in [1.807, 2.05) is 16.7 Å². The van der Waals surface area contributed by atoms with Crippen LogP contribution in [0.25, 0.3) is 10.9 Å². The highest BCUT2D eigenvalue weighted by Gasteiger charge is 2.19. The van der Waals surface area contributed by atoms with Gasteiger partial charge in [0, 0.05) is 24.7 Å². The van der Waals surface area contributed by atoms with Crippen LogP contribution in [-0.2, 0) is 13.0 Å². The van der Waals surface area contributed by atoms with Gasteiger partial charge in [-0.1, -0.05) is 31.9 Å². The van der Waals surface area contributed by atoms with Crippen LogP contribution in [-0.4, -0.2) is 17.0 Å². The predicted molar refractivity (Wildman–Crippen MR) is 83.8 cm³/mol. The van der Waals surface area contributed by atoms with Gasteiger partial charge in [0.25, 0.3) is 5.91 Å². The van der Waals surface area contributed by atoms with Gasteiger partial charge < -0.3 is 9.88 Å². The third-order valence-electron chi connectivity index (χ3n) is 4.11. The Labute approximate surface area is 123 Å². The van der Waals surface area contributed by atoms with E-state index in [1.54, 1.807) is 6.20 Å². The van der Waals surface area contributed by atoms with Gasteiger partial charge in [-0.15, -0.1) is 0 Å². The minimum atomic E-state index is -0.251. The van der Waals surface area contributed by atoms with Crippen molar-refractivity contribution in [3.05, 3.63) is 45.7 Å². The minimum absolute atomic E-state index is 0.155. The highest BCUT2D eigenvalue weighted by Crippen LogP contribution is 2.23. The van der Waals surface area contributed by atoms with Crippen molar-refractivity contribution in [1.29, 1.82) is 0 Å². The molecule has 0 aliphatic carbocycles. The highest BCUT2D eigenvalue weighted by atomic mass is 16.2. The number of carbonyl (C=O) groups is 1. The molecule has 0 saturated heterocycles. The molecule has 0 fully saturated rings. The quantitative estimate of drug-likeness (QED) is 0.858. The number of pyridine rings is 1. The van der Waals surface area contributed by atoms with Crippen molar-refractivity contribution >= 4 is 16.8 Å². The molecule has 0 atom stereocenters. The van der Waals surface area contributed by atoms with Crippen molar-refractivity contribution in [3.63, 3.8) is 0 Å². The smallest absolute Gasteiger partial charge is 0.256 e. The number of nitrogens with one attached hydrogen (secondary N) is 1. The van der Waals surface area contributed by atoms with E-state index in [2.05, 4.69) is 18.3 Å². The molecule has 2 heterocycles. The van der Waals surface area contributed by atoms with Crippen LogP contribution in [0.5, 0.6) is 0 Å². The lowest BCUT2D eigenvalue weighted by Crippen LogP contribution is -2.30. The van der Waals surface area contributed by atoms with E-state index in [9.17, 15) is 9.59 Å². The number of amides is 1. The number of hydrogen-bond donors (Lipinski definition) is 1. The van der Waals surface area contributed by atoms with Crippen molar-refractivity contribution in [2.45, 2.75) is 39.2 Å². The zero-order valence-electron chi connectivity index (χ0n) is 12.3.